The topological polar surface area (TPSA) is 21.3 Å². The maximum atomic E-state index is 13.4. The standard InChI is InChI=1S/C14H20BrF2NO/c1-10(2)9-18-5-3-4-6-19-13-8-11(15)7-12(16)14(13)17/h7-8,10,18H,3-6,9H2,1-2H3. The molecule has 1 aromatic rings. The SMILES string of the molecule is CC(C)CNCCCCOc1cc(Br)cc(F)c1F. The number of rotatable bonds is 8. The van der Waals surface area contributed by atoms with Crippen LogP contribution in [0.25, 0.3) is 0 Å². The summed E-state index contributed by atoms with van der Waals surface area (Å²) in [6.07, 6.45) is 1.75. The fourth-order valence-electron chi connectivity index (χ4n) is 1.56. The van der Waals surface area contributed by atoms with Gasteiger partial charge in [0.25, 0.3) is 0 Å². The van der Waals surface area contributed by atoms with E-state index in [2.05, 4.69) is 35.1 Å². The van der Waals surface area contributed by atoms with Gasteiger partial charge in [0.05, 0.1) is 6.61 Å². The molecule has 0 bridgehead atoms. The van der Waals surface area contributed by atoms with Crippen LogP contribution in [0.5, 0.6) is 5.75 Å². The van der Waals surface area contributed by atoms with Crippen LogP contribution in [0, 0.1) is 17.6 Å². The Balaban J connectivity index is 2.23. The van der Waals surface area contributed by atoms with Crippen molar-refractivity contribution in [2.75, 3.05) is 19.7 Å². The molecular formula is C14H20BrF2NO. The summed E-state index contributed by atoms with van der Waals surface area (Å²) in [6.45, 7) is 6.60. The van der Waals surface area contributed by atoms with E-state index in [0.29, 0.717) is 17.0 Å². The Bertz CT molecular complexity index is 399. The summed E-state index contributed by atoms with van der Waals surface area (Å²) in [5.74, 6) is -1.24. The van der Waals surface area contributed by atoms with E-state index in [1.807, 2.05) is 0 Å². The van der Waals surface area contributed by atoms with Crippen LogP contribution in [-0.4, -0.2) is 19.7 Å². The largest absolute Gasteiger partial charge is 0.490 e. The zero-order valence-electron chi connectivity index (χ0n) is 11.3. The minimum atomic E-state index is -0.930. The van der Waals surface area contributed by atoms with Crippen LogP contribution < -0.4 is 10.1 Å². The molecule has 0 radical (unpaired) electrons. The van der Waals surface area contributed by atoms with Crippen LogP contribution >= 0.6 is 15.9 Å². The number of unbranched alkanes of at least 4 members (excludes halogenated alkanes) is 1. The average Bonchev–Trinajstić information content (AvgIpc) is 2.33. The Labute approximate surface area is 121 Å². The van der Waals surface area contributed by atoms with E-state index >= 15 is 0 Å². The van der Waals surface area contributed by atoms with Crippen LogP contribution in [0.15, 0.2) is 16.6 Å². The first kappa shape index (κ1) is 16.4. The third kappa shape index (κ3) is 6.34. The summed E-state index contributed by atoms with van der Waals surface area (Å²) in [7, 11) is 0. The fourth-order valence-corrected chi connectivity index (χ4v) is 1.97. The van der Waals surface area contributed by atoms with Gasteiger partial charge >= 0.3 is 0 Å². The van der Waals surface area contributed by atoms with Crippen molar-refractivity contribution in [3.05, 3.63) is 28.2 Å². The Hall–Kier alpha value is -0.680. The summed E-state index contributed by atoms with van der Waals surface area (Å²) >= 11 is 3.11. The summed E-state index contributed by atoms with van der Waals surface area (Å²) in [4.78, 5) is 0. The van der Waals surface area contributed by atoms with Crippen molar-refractivity contribution >= 4 is 15.9 Å². The van der Waals surface area contributed by atoms with E-state index in [-0.39, 0.29) is 5.75 Å². The highest BCUT2D eigenvalue weighted by Crippen LogP contribution is 2.25. The lowest BCUT2D eigenvalue weighted by Gasteiger charge is -2.09. The van der Waals surface area contributed by atoms with E-state index in [1.165, 1.54) is 6.07 Å². The lowest BCUT2D eigenvalue weighted by Crippen LogP contribution is -2.21. The molecular weight excluding hydrogens is 316 g/mol. The van der Waals surface area contributed by atoms with Gasteiger partial charge in [-0.2, -0.15) is 4.39 Å². The number of ether oxygens (including phenoxy) is 1. The first-order valence-corrected chi connectivity index (χ1v) is 7.28. The summed E-state index contributed by atoms with van der Waals surface area (Å²) < 4.78 is 32.2. The number of benzene rings is 1. The minimum absolute atomic E-state index is 0.0398. The summed E-state index contributed by atoms with van der Waals surface area (Å²) in [5, 5.41) is 3.32. The Kier molecular flexibility index (Phi) is 7.31. The van der Waals surface area contributed by atoms with Gasteiger partial charge in [-0.1, -0.05) is 29.8 Å². The molecule has 1 N–H and O–H groups in total. The van der Waals surface area contributed by atoms with Gasteiger partial charge in [0.1, 0.15) is 0 Å². The zero-order valence-corrected chi connectivity index (χ0v) is 12.9. The van der Waals surface area contributed by atoms with Crippen molar-refractivity contribution in [3.8, 4) is 5.75 Å². The van der Waals surface area contributed by atoms with E-state index in [0.717, 1.165) is 32.0 Å². The van der Waals surface area contributed by atoms with Crippen LogP contribution in [0.1, 0.15) is 26.7 Å². The van der Waals surface area contributed by atoms with E-state index in [4.69, 9.17) is 4.74 Å². The van der Waals surface area contributed by atoms with Gasteiger partial charge in [0.2, 0.25) is 5.82 Å². The van der Waals surface area contributed by atoms with Crippen molar-refractivity contribution in [3.63, 3.8) is 0 Å². The van der Waals surface area contributed by atoms with Crippen molar-refractivity contribution in [1.82, 2.24) is 5.32 Å². The highest BCUT2D eigenvalue weighted by molar-refractivity contribution is 9.10. The van der Waals surface area contributed by atoms with Gasteiger partial charge in [-0.15, -0.1) is 0 Å². The molecule has 0 amide bonds. The quantitative estimate of drug-likeness (QED) is 0.569. The number of nitrogens with one attached hydrogen (secondary N) is 1. The Morgan fingerprint density at radius 2 is 2.00 bits per heavy atom. The second-order valence-electron chi connectivity index (χ2n) is 4.85. The normalized spacial score (nSPS) is 11.1. The lowest BCUT2D eigenvalue weighted by atomic mass is 10.2. The molecule has 0 aliphatic heterocycles. The lowest BCUT2D eigenvalue weighted by molar-refractivity contribution is 0.285. The monoisotopic (exact) mass is 335 g/mol. The molecule has 0 aliphatic carbocycles. The molecule has 1 rings (SSSR count). The number of hydrogen-bond acceptors (Lipinski definition) is 2. The molecule has 19 heavy (non-hydrogen) atoms. The predicted octanol–water partition coefficient (Wildman–Crippen LogP) is 4.13. The molecule has 0 atom stereocenters. The second-order valence-corrected chi connectivity index (χ2v) is 5.77. The van der Waals surface area contributed by atoms with Gasteiger partial charge in [-0.25, -0.2) is 4.39 Å². The first-order valence-electron chi connectivity index (χ1n) is 6.48. The van der Waals surface area contributed by atoms with E-state index < -0.39 is 11.6 Å². The molecule has 5 heteroatoms. The smallest absolute Gasteiger partial charge is 0.200 e. The van der Waals surface area contributed by atoms with E-state index in [9.17, 15) is 8.78 Å². The van der Waals surface area contributed by atoms with Gasteiger partial charge in [-0.3, -0.25) is 0 Å². The maximum Gasteiger partial charge on any atom is 0.200 e. The molecule has 0 saturated carbocycles. The molecule has 0 aliphatic rings. The molecule has 1 aromatic carbocycles. The molecule has 0 spiro atoms. The van der Waals surface area contributed by atoms with Crippen molar-refractivity contribution < 1.29 is 13.5 Å². The van der Waals surface area contributed by atoms with Gasteiger partial charge in [-0.05, 0) is 44.0 Å². The van der Waals surface area contributed by atoms with Crippen molar-refractivity contribution in [2.45, 2.75) is 26.7 Å². The number of halogens is 3. The van der Waals surface area contributed by atoms with Crippen molar-refractivity contribution in [1.29, 1.82) is 0 Å². The molecule has 0 fully saturated rings. The van der Waals surface area contributed by atoms with Crippen molar-refractivity contribution in [2.24, 2.45) is 5.92 Å². The molecule has 2 nitrogen and oxygen atoms in total. The fraction of sp³-hybridized carbons (Fsp3) is 0.571. The third-order valence-electron chi connectivity index (χ3n) is 2.52. The second kappa shape index (κ2) is 8.48. The third-order valence-corrected chi connectivity index (χ3v) is 2.98. The Morgan fingerprint density at radius 1 is 1.26 bits per heavy atom. The van der Waals surface area contributed by atoms with Gasteiger partial charge in [0.15, 0.2) is 11.6 Å². The molecule has 0 aromatic heterocycles. The van der Waals surface area contributed by atoms with Gasteiger partial charge in [0, 0.05) is 4.47 Å². The predicted molar refractivity (Wildman–Crippen MR) is 76.5 cm³/mol. The van der Waals surface area contributed by atoms with Crippen LogP contribution in [0.4, 0.5) is 8.78 Å². The van der Waals surface area contributed by atoms with Crippen LogP contribution in [-0.2, 0) is 0 Å². The molecule has 0 saturated heterocycles. The molecule has 0 unspecified atom stereocenters. The zero-order chi connectivity index (χ0) is 14.3. The van der Waals surface area contributed by atoms with Crippen LogP contribution in [0.3, 0.4) is 0 Å². The first-order chi connectivity index (χ1) is 9.00. The molecule has 108 valence electrons. The maximum absolute atomic E-state index is 13.4. The number of hydrogen-bond donors (Lipinski definition) is 1. The highest BCUT2D eigenvalue weighted by atomic mass is 79.9. The highest BCUT2D eigenvalue weighted by Gasteiger charge is 2.10. The summed E-state index contributed by atoms with van der Waals surface area (Å²) in [6, 6.07) is 2.52. The molecule has 0 heterocycles. The average molecular weight is 336 g/mol. The van der Waals surface area contributed by atoms with Crippen LogP contribution in [0.2, 0.25) is 0 Å². The minimum Gasteiger partial charge on any atom is -0.490 e. The summed E-state index contributed by atoms with van der Waals surface area (Å²) in [5.41, 5.74) is 0. The van der Waals surface area contributed by atoms with Gasteiger partial charge < -0.3 is 10.1 Å². The van der Waals surface area contributed by atoms with E-state index in [1.54, 1.807) is 0 Å². The Morgan fingerprint density at radius 3 is 2.68 bits per heavy atom.